The first-order chi connectivity index (χ1) is 7.56. The molecule has 0 aromatic carbocycles. The quantitative estimate of drug-likeness (QED) is 0.757. The highest BCUT2D eigenvalue weighted by Gasteiger charge is 2.17. The molecule has 0 saturated carbocycles. The van der Waals surface area contributed by atoms with Crippen molar-refractivity contribution in [1.82, 2.24) is 9.88 Å². The van der Waals surface area contributed by atoms with Gasteiger partial charge in [-0.2, -0.15) is 5.26 Å². The minimum absolute atomic E-state index is 0.117. The first kappa shape index (κ1) is 12.5. The number of nitrogens with zero attached hydrogens (tertiary/aromatic N) is 3. The summed E-state index contributed by atoms with van der Waals surface area (Å²) in [5.74, 6) is -0.160. The summed E-state index contributed by atoms with van der Waals surface area (Å²) >= 11 is 5.63. The lowest BCUT2D eigenvalue weighted by atomic mass is 10.2. The summed E-state index contributed by atoms with van der Waals surface area (Å²) in [6.07, 6.45) is 1.74. The van der Waals surface area contributed by atoms with Crippen LogP contribution in [0.2, 0.25) is 5.15 Å². The molecule has 1 aromatic rings. The lowest BCUT2D eigenvalue weighted by Crippen LogP contribution is -2.34. The molecular formula is C11H12ClN3O. The Hall–Kier alpha value is -1.60. The van der Waals surface area contributed by atoms with E-state index in [0.717, 1.165) is 0 Å². The molecule has 1 amide bonds. The van der Waals surface area contributed by atoms with Gasteiger partial charge >= 0.3 is 0 Å². The molecule has 1 atom stereocenters. The highest BCUT2D eigenvalue weighted by molar-refractivity contribution is 6.29. The summed E-state index contributed by atoms with van der Waals surface area (Å²) in [5, 5.41) is 8.91. The van der Waals surface area contributed by atoms with E-state index >= 15 is 0 Å². The van der Waals surface area contributed by atoms with Crippen LogP contribution in [0.25, 0.3) is 0 Å². The topological polar surface area (TPSA) is 57.0 Å². The minimum atomic E-state index is -0.160. The molecule has 0 aliphatic rings. The van der Waals surface area contributed by atoms with Crippen LogP contribution in [0.4, 0.5) is 0 Å². The standard InChI is InChI=1S/C11H12ClN3O/c1-8(5-6-13)15(2)11(16)9-3-4-10(12)14-7-9/h3-4,7-8H,5H2,1-2H3. The van der Waals surface area contributed by atoms with E-state index < -0.39 is 0 Å². The van der Waals surface area contributed by atoms with Gasteiger partial charge in [0.2, 0.25) is 0 Å². The number of halogens is 1. The van der Waals surface area contributed by atoms with E-state index in [9.17, 15) is 4.79 Å². The van der Waals surface area contributed by atoms with Crippen LogP contribution in [-0.2, 0) is 0 Å². The van der Waals surface area contributed by atoms with Crippen molar-refractivity contribution in [3.05, 3.63) is 29.0 Å². The molecule has 0 N–H and O–H groups in total. The van der Waals surface area contributed by atoms with Crippen molar-refractivity contribution in [1.29, 1.82) is 5.26 Å². The normalized spacial score (nSPS) is 11.6. The van der Waals surface area contributed by atoms with Crippen LogP contribution in [0.3, 0.4) is 0 Å². The molecule has 0 saturated heterocycles. The van der Waals surface area contributed by atoms with Crippen LogP contribution < -0.4 is 0 Å². The minimum Gasteiger partial charge on any atom is -0.338 e. The van der Waals surface area contributed by atoms with Gasteiger partial charge in [-0.05, 0) is 19.1 Å². The average molecular weight is 238 g/mol. The van der Waals surface area contributed by atoms with E-state index in [1.807, 2.05) is 13.0 Å². The molecule has 0 radical (unpaired) electrons. The monoisotopic (exact) mass is 237 g/mol. The molecule has 0 aliphatic heterocycles. The largest absolute Gasteiger partial charge is 0.338 e. The lowest BCUT2D eigenvalue weighted by Gasteiger charge is -2.22. The fraction of sp³-hybridized carbons (Fsp3) is 0.364. The molecule has 4 nitrogen and oxygen atoms in total. The zero-order valence-electron chi connectivity index (χ0n) is 9.14. The number of pyridine rings is 1. The van der Waals surface area contributed by atoms with E-state index in [2.05, 4.69) is 4.98 Å². The van der Waals surface area contributed by atoms with Crippen molar-refractivity contribution in [2.75, 3.05) is 7.05 Å². The van der Waals surface area contributed by atoms with Crippen molar-refractivity contribution in [2.45, 2.75) is 19.4 Å². The lowest BCUT2D eigenvalue weighted by molar-refractivity contribution is 0.0746. The molecule has 0 bridgehead atoms. The number of rotatable bonds is 3. The molecule has 0 aliphatic carbocycles. The molecule has 0 fully saturated rings. The van der Waals surface area contributed by atoms with Crippen LogP contribution in [0.5, 0.6) is 0 Å². The maximum absolute atomic E-state index is 11.9. The van der Waals surface area contributed by atoms with Gasteiger partial charge in [0.1, 0.15) is 5.15 Å². The van der Waals surface area contributed by atoms with Crippen molar-refractivity contribution < 1.29 is 4.79 Å². The van der Waals surface area contributed by atoms with Gasteiger partial charge in [0, 0.05) is 19.3 Å². The summed E-state index contributed by atoms with van der Waals surface area (Å²) in [6.45, 7) is 1.82. The van der Waals surface area contributed by atoms with Gasteiger partial charge in [0.05, 0.1) is 18.1 Å². The average Bonchev–Trinajstić information content (AvgIpc) is 2.28. The number of nitriles is 1. The number of amides is 1. The van der Waals surface area contributed by atoms with Gasteiger partial charge in [0.15, 0.2) is 0 Å². The summed E-state index contributed by atoms with van der Waals surface area (Å²) in [6, 6.07) is 5.10. The maximum Gasteiger partial charge on any atom is 0.255 e. The second-order valence-electron chi connectivity index (χ2n) is 3.50. The van der Waals surface area contributed by atoms with E-state index in [4.69, 9.17) is 16.9 Å². The van der Waals surface area contributed by atoms with E-state index in [-0.39, 0.29) is 11.9 Å². The Kier molecular flexibility index (Phi) is 4.27. The number of hydrogen-bond donors (Lipinski definition) is 0. The van der Waals surface area contributed by atoms with Crippen LogP contribution in [0.1, 0.15) is 23.7 Å². The second-order valence-corrected chi connectivity index (χ2v) is 3.88. The van der Waals surface area contributed by atoms with Crippen LogP contribution in [0, 0.1) is 11.3 Å². The van der Waals surface area contributed by atoms with Gasteiger partial charge < -0.3 is 4.90 Å². The predicted molar refractivity (Wildman–Crippen MR) is 61.0 cm³/mol. The van der Waals surface area contributed by atoms with Crippen LogP contribution in [-0.4, -0.2) is 28.9 Å². The first-order valence-corrected chi connectivity index (χ1v) is 5.19. The zero-order chi connectivity index (χ0) is 12.1. The van der Waals surface area contributed by atoms with Gasteiger partial charge in [-0.3, -0.25) is 4.79 Å². The summed E-state index contributed by atoms with van der Waals surface area (Å²) in [4.78, 5) is 17.3. The first-order valence-electron chi connectivity index (χ1n) is 4.82. The van der Waals surface area contributed by atoms with E-state index in [0.29, 0.717) is 17.1 Å². The molecule has 5 heteroatoms. The van der Waals surface area contributed by atoms with Gasteiger partial charge in [-0.1, -0.05) is 11.6 Å². The SMILES string of the molecule is CC(CC#N)N(C)C(=O)c1ccc(Cl)nc1. The Labute approximate surface area is 99.5 Å². The molecule has 1 heterocycles. The van der Waals surface area contributed by atoms with Crippen LogP contribution in [0.15, 0.2) is 18.3 Å². The number of aromatic nitrogens is 1. The molecule has 1 rings (SSSR count). The number of carbonyl (C=O) groups excluding carboxylic acids is 1. The van der Waals surface area contributed by atoms with Crippen molar-refractivity contribution in [3.8, 4) is 6.07 Å². The zero-order valence-corrected chi connectivity index (χ0v) is 9.90. The molecule has 84 valence electrons. The van der Waals surface area contributed by atoms with Crippen molar-refractivity contribution in [3.63, 3.8) is 0 Å². The fourth-order valence-electron chi connectivity index (χ4n) is 1.18. The molecule has 1 unspecified atom stereocenters. The van der Waals surface area contributed by atoms with Crippen LogP contribution >= 0.6 is 11.6 Å². The summed E-state index contributed by atoms with van der Waals surface area (Å²) in [5.41, 5.74) is 0.469. The number of carbonyl (C=O) groups is 1. The fourth-order valence-corrected chi connectivity index (χ4v) is 1.29. The Morgan fingerprint density at radius 2 is 2.38 bits per heavy atom. The third-order valence-electron chi connectivity index (χ3n) is 2.34. The third-order valence-corrected chi connectivity index (χ3v) is 2.57. The van der Waals surface area contributed by atoms with Crippen molar-refractivity contribution >= 4 is 17.5 Å². The summed E-state index contributed by atoms with van der Waals surface area (Å²) in [7, 11) is 1.67. The molecular weight excluding hydrogens is 226 g/mol. The Bertz CT molecular complexity index is 410. The van der Waals surface area contributed by atoms with Gasteiger partial charge in [-0.15, -0.1) is 0 Å². The summed E-state index contributed by atoms with van der Waals surface area (Å²) < 4.78 is 0. The predicted octanol–water partition coefficient (Wildman–Crippen LogP) is 2.11. The maximum atomic E-state index is 11.9. The van der Waals surface area contributed by atoms with Gasteiger partial charge in [0.25, 0.3) is 5.91 Å². The molecule has 1 aromatic heterocycles. The van der Waals surface area contributed by atoms with Gasteiger partial charge in [-0.25, -0.2) is 4.98 Å². The van der Waals surface area contributed by atoms with E-state index in [1.165, 1.54) is 11.1 Å². The molecule has 16 heavy (non-hydrogen) atoms. The highest BCUT2D eigenvalue weighted by Crippen LogP contribution is 2.10. The number of hydrogen-bond acceptors (Lipinski definition) is 3. The highest BCUT2D eigenvalue weighted by atomic mass is 35.5. The Morgan fingerprint density at radius 1 is 1.69 bits per heavy atom. The van der Waals surface area contributed by atoms with E-state index in [1.54, 1.807) is 19.2 Å². The third kappa shape index (κ3) is 2.94. The van der Waals surface area contributed by atoms with Crippen molar-refractivity contribution in [2.24, 2.45) is 0 Å². The molecule has 0 spiro atoms. The second kappa shape index (κ2) is 5.47. The Morgan fingerprint density at radius 3 is 2.88 bits per heavy atom. The Balaban J connectivity index is 2.78. The smallest absolute Gasteiger partial charge is 0.255 e.